The largest absolute Gasteiger partial charge is 0.332 e. The standard InChI is InChI=1S/C26H20N4OS2/c1-17(31)27-21-12-10-18(11-13-21)23-16-33-26(30-23)28-22-9-5-8-20(14-22)24-15-32-25(29-24)19-6-3-2-4-7-19/h2-16H,1H3,(H,27,31)(H,28,30). The molecule has 33 heavy (non-hydrogen) atoms. The molecule has 0 aliphatic rings. The van der Waals surface area contributed by atoms with Crippen molar-refractivity contribution in [1.82, 2.24) is 9.97 Å². The van der Waals surface area contributed by atoms with Crippen LogP contribution in [0.5, 0.6) is 0 Å². The van der Waals surface area contributed by atoms with Gasteiger partial charge in [0.2, 0.25) is 5.91 Å². The molecule has 1 amide bonds. The van der Waals surface area contributed by atoms with Crippen LogP contribution < -0.4 is 10.6 Å². The first-order chi connectivity index (χ1) is 16.1. The van der Waals surface area contributed by atoms with E-state index in [9.17, 15) is 4.79 Å². The smallest absolute Gasteiger partial charge is 0.221 e. The number of hydrogen-bond donors (Lipinski definition) is 2. The lowest BCUT2D eigenvalue weighted by Gasteiger charge is -2.05. The van der Waals surface area contributed by atoms with Gasteiger partial charge in [-0.3, -0.25) is 4.79 Å². The molecular formula is C26H20N4OS2. The molecule has 0 unspecified atom stereocenters. The summed E-state index contributed by atoms with van der Waals surface area (Å²) in [6.45, 7) is 1.50. The molecule has 0 saturated heterocycles. The van der Waals surface area contributed by atoms with Gasteiger partial charge in [0.25, 0.3) is 0 Å². The van der Waals surface area contributed by atoms with Crippen molar-refractivity contribution in [2.45, 2.75) is 6.92 Å². The first kappa shape index (κ1) is 21.1. The van der Waals surface area contributed by atoms with E-state index in [1.54, 1.807) is 22.7 Å². The Hall–Kier alpha value is -3.81. The topological polar surface area (TPSA) is 66.9 Å². The predicted octanol–water partition coefficient (Wildman–Crippen LogP) is 7.30. The van der Waals surface area contributed by atoms with Gasteiger partial charge in [-0.15, -0.1) is 22.7 Å². The molecule has 5 nitrogen and oxygen atoms in total. The molecule has 7 heteroatoms. The minimum atomic E-state index is -0.0842. The Labute approximate surface area is 199 Å². The number of nitrogens with zero attached hydrogens (tertiary/aromatic N) is 2. The number of carbonyl (C=O) groups excluding carboxylic acids is 1. The van der Waals surface area contributed by atoms with Gasteiger partial charge < -0.3 is 10.6 Å². The van der Waals surface area contributed by atoms with Gasteiger partial charge >= 0.3 is 0 Å². The van der Waals surface area contributed by atoms with E-state index >= 15 is 0 Å². The first-order valence-corrected chi connectivity index (χ1v) is 12.1. The Morgan fingerprint density at radius 3 is 2.24 bits per heavy atom. The monoisotopic (exact) mass is 468 g/mol. The summed E-state index contributed by atoms with van der Waals surface area (Å²) in [6, 6.07) is 26.1. The van der Waals surface area contributed by atoms with Crippen LogP contribution >= 0.6 is 22.7 Å². The lowest BCUT2D eigenvalue weighted by molar-refractivity contribution is -0.114. The summed E-state index contributed by atoms with van der Waals surface area (Å²) in [4.78, 5) is 20.7. The number of benzene rings is 3. The lowest BCUT2D eigenvalue weighted by atomic mass is 10.1. The predicted molar refractivity (Wildman–Crippen MR) is 138 cm³/mol. The molecule has 0 radical (unpaired) electrons. The number of thiazole rings is 2. The number of aromatic nitrogens is 2. The highest BCUT2D eigenvalue weighted by atomic mass is 32.1. The van der Waals surface area contributed by atoms with Crippen molar-refractivity contribution in [2.75, 3.05) is 10.6 Å². The van der Waals surface area contributed by atoms with Crippen molar-refractivity contribution in [1.29, 1.82) is 0 Å². The molecule has 0 aliphatic heterocycles. The third-order valence-corrected chi connectivity index (χ3v) is 6.59. The van der Waals surface area contributed by atoms with Gasteiger partial charge in [-0.05, 0) is 24.3 Å². The van der Waals surface area contributed by atoms with Gasteiger partial charge in [0.05, 0.1) is 11.4 Å². The second-order valence-electron chi connectivity index (χ2n) is 7.41. The molecule has 2 aromatic heterocycles. The zero-order valence-electron chi connectivity index (χ0n) is 17.8. The highest BCUT2D eigenvalue weighted by Gasteiger charge is 2.09. The summed E-state index contributed by atoms with van der Waals surface area (Å²) in [5.41, 5.74) is 6.77. The molecule has 5 aromatic rings. The van der Waals surface area contributed by atoms with Crippen molar-refractivity contribution in [3.63, 3.8) is 0 Å². The van der Waals surface area contributed by atoms with Gasteiger partial charge in [0, 0.05) is 45.7 Å². The van der Waals surface area contributed by atoms with E-state index < -0.39 is 0 Å². The number of hydrogen-bond acceptors (Lipinski definition) is 6. The van der Waals surface area contributed by atoms with Crippen LogP contribution in [0.2, 0.25) is 0 Å². The van der Waals surface area contributed by atoms with Crippen molar-refractivity contribution in [3.05, 3.63) is 89.6 Å². The molecule has 0 saturated carbocycles. The Morgan fingerprint density at radius 1 is 0.727 bits per heavy atom. The Kier molecular flexibility index (Phi) is 5.97. The van der Waals surface area contributed by atoms with Gasteiger partial charge in [-0.2, -0.15) is 0 Å². The minimum Gasteiger partial charge on any atom is -0.332 e. The van der Waals surface area contributed by atoms with Crippen molar-refractivity contribution >= 4 is 45.1 Å². The Morgan fingerprint density at radius 2 is 1.45 bits per heavy atom. The van der Waals surface area contributed by atoms with E-state index in [4.69, 9.17) is 9.97 Å². The number of amides is 1. The molecule has 5 rings (SSSR count). The highest BCUT2D eigenvalue weighted by molar-refractivity contribution is 7.14. The summed E-state index contributed by atoms with van der Waals surface area (Å²) >= 11 is 3.20. The molecule has 3 aromatic carbocycles. The second-order valence-corrected chi connectivity index (χ2v) is 9.12. The lowest BCUT2D eigenvalue weighted by Crippen LogP contribution is -2.05. The molecule has 0 spiro atoms. The molecular weight excluding hydrogens is 448 g/mol. The maximum absolute atomic E-state index is 11.2. The van der Waals surface area contributed by atoms with Crippen LogP contribution in [-0.2, 0) is 4.79 Å². The van der Waals surface area contributed by atoms with Gasteiger partial charge in [0.1, 0.15) is 5.01 Å². The van der Waals surface area contributed by atoms with Crippen LogP contribution in [0.15, 0.2) is 89.6 Å². The normalized spacial score (nSPS) is 10.7. The van der Waals surface area contributed by atoms with Crippen LogP contribution in [0.3, 0.4) is 0 Å². The third-order valence-electron chi connectivity index (χ3n) is 4.94. The third kappa shape index (κ3) is 5.00. The van der Waals surface area contributed by atoms with Crippen molar-refractivity contribution in [2.24, 2.45) is 0 Å². The molecule has 0 atom stereocenters. The fraction of sp³-hybridized carbons (Fsp3) is 0.0385. The summed E-state index contributed by atoms with van der Waals surface area (Å²) in [6.07, 6.45) is 0. The van der Waals surface area contributed by atoms with E-state index in [0.29, 0.717) is 0 Å². The van der Waals surface area contributed by atoms with Crippen LogP contribution in [0, 0.1) is 0 Å². The van der Waals surface area contributed by atoms with Gasteiger partial charge in [-0.25, -0.2) is 9.97 Å². The number of rotatable bonds is 6. The molecule has 2 N–H and O–H groups in total. The first-order valence-electron chi connectivity index (χ1n) is 10.4. The molecule has 0 aliphatic carbocycles. The summed E-state index contributed by atoms with van der Waals surface area (Å²) in [5.74, 6) is -0.0842. The fourth-order valence-corrected chi connectivity index (χ4v) is 4.97. The van der Waals surface area contributed by atoms with Crippen molar-refractivity contribution < 1.29 is 4.79 Å². The van der Waals surface area contributed by atoms with E-state index in [2.05, 4.69) is 40.3 Å². The SMILES string of the molecule is CC(=O)Nc1ccc(-c2csc(Nc3cccc(-c4csc(-c5ccccc5)n4)c3)n2)cc1. The Balaban J connectivity index is 1.31. The maximum atomic E-state index is 11.2. The van der Waals surface area contributed by atoms with Gasteiger partial charge in [0.15, 0.2) is 5.13 Å². The summed E-state index contributed by atoms with van der Waals surface area (Å²) in [7, 11) is 0. The minimum absolute atomic E-state index is 0.0842. The number of carbonyl (C=O) groups is 1. The molecule has 162 valence electrons. The van der Waals surface area contributed by atoms with Crippen LogP contribution in [0.4, 0.5) is 16.5 Å². The number of anilines is 3. The van der Waals surface area contributed by atoms with E-state index in [-0.39, 0.29) is 5.91 Å². The van der Waals surface area contributed by atoms with E-state index in [0.717, 1.165) is 49.6 Å². The van der Waals surface area contributed by atoms with Crippen LogP contribution in [-0.4, -0.2) is 15.9 Å². The average molecular weight is 469 g/mol. The van der Waals surface area contributed by atoms with E-state index in [1.165, 1.54) is 6.92 Å². The summed E-state index contributed by atoms with van der Waals surface area (Å²) < 4.78 is 0. The molecule has 0 bridgehead atoms. The zero-order chi connectivity index (χ0) is 22.6. The average Bonchev–Trinajstić information content (AvgIpc) is 3.50. The zero-order valence-corrected chi connectivity index (χ0v) is 19.4. The Bertz CT molecular complexity index is 1390. The second kappa shape index (κ2) is 9.36. The quantitative estimate of drug-likeness (QED) is 0.274. The van der Waals surface area contributed by atoms with Crippen LogP contribution in [0.25, 0.3) is 33.1 Å². The molecule has 2 heterocycles. The van der Waals surface area contributed by atoms with Crippen molar-refractivity contribution in [3.8, 4) is 33.1 Å². The number of nitrogens with one attached hydrogen (secondary N) is 2. The van der Waals surface area contributed by atoms with Gasteiger partial charge in [-0.1, -0.05) is 54.6 Å². The van der Waals surface area contributed by atoms with E-state index in [1.807, 2.05) is 60.0 Å². The summed E-state index contributed by atoms with van der Waals surface area (Å²) in [5, 5.41) is 12.1. The maximum Gasteiger partial charge on any atom is 0.221 e. The fourth-order valence-electron chi connectivity index (χ4n) is 3.39. The van der Waals surface area contributed by atoms with Crippen LogP contribution in [0.1, 0.15) is 6.92 Å². The highest BCUT2D eigenvalue weighted by Crippen LogP contribution is 2.32. The molecule has 0 fully saturated rings.